The molecule has 0 fully saturated rings. The van der Waals surface area contributed by atoms with Crippen LogP contribution in [-0.2, 0) is 10.0 Å². The van der Waals surface area contributed by atoms with Crippen LogP contribution in [0.25, 0.3) is 0 Å². The molecule has 2 rings (SSSR count). The molecule has 0 aliphatic heterocycles. The van der Waals surface area contributed by atoms with Gasteiger partial charge in [0, 0.05) is 21.9 Å². The third-order valence-electron chi connectivity index (χ3n) is 3.10. The molecule has 23 heavy (non-hydrogen) atoms. The van der Waals surface area contributed by atoms with E-state index in [4.69, 9.17) is 11.6 Å². The highest BCUT2D eigenvalue weighted by Gasteiger charge is 2.15. The molecule has 0 aromatic heterocycles. The van der Waals surface area contributed by atoms with Crippen molar-refractivity contribution >= 4 is 33.0 Å². The Morgan fingerprint density at radius 3 is 2.04 bits per heavy atom. The lowest BCUT2D eigenvalue weighted by Crippen LogP contribution is -2.25. The summed E-state index contributed by atoms with van der Waals surface area (Å²) >= 11 is 5.94. The zero-order valence-electron chi connectivity index (χ0n) is 13.6. The lowest BCUT2D eigenvalue weighted by atomic mass is 10.1. The van der Waals surface area contributed by atoms with Crippen LogP contribution in [0.3, 0.4) is 0 Å². The lowest BCUT2D eigenvalue weighted by Gasteiger charge is -2.22. The number of rotatable bonds is 4. The van der Waals surface area contributed by atoms with Crippen molar-refractivity contribution in [1.29, 1.82) is 0 Å². The van der Waals surface area contributed by atoms with E-state index in [0.717, 1.165) is 11.3 Å². The van der Waals surface area contributed by atoms with Gasteiger partial charge in [0.1, 0.15) is 0 Å². The number of benzene rings is 2. The van der Waals surface area contributed by atoms with E-state index in [-0.39, 0.29) is 10.4 Å². The second kappa shape index (κ2) is 6.42. The largest absolute Gasteiger partial charge is 0.380 e. The molecule has 0 radical (unpaired) electrons. The molecule has 0 saturated heterocycles. The minimum absolute atomic E-state index is 0.0537. The first-order valence-corrected chi connectivity index (χ1v) is 9.10. The predicted octanol–water partition coefficient (Wildman–Crippen LogP) is 4.66. The molecule has 0 aliphatic carbocycles. The Morgan fingerprint density at radius 2 is 1.52 bits per heavy atom. The van der Waals surface area contributed by atoms with E-state index in [9.17, 15) is 8.42 Å². The smallest absolute Gasteiger partial charge is 0.261 e. The van der Waals surface area contributed by atoms with Crippen molar-refractivity contribution in [3.05, 3.63) is 53.1 Å². The van der Waals surface area contributed by atoms with E-state index >= 15 is 0 Å². The van der Waals surface area contributed by atoms with E-state index in [1.807, 2.05) is 12.1 Å². The summed E-state index contributed by atoms with van der Waals surface area (Å²) in [6.07, 6.45) is 0. The zero-order valence-corrected chi connectivity index (χ0v) is 15.2. The Kier molecular flexibility index (Phi) is 4.92. The number of sulfonamides is 1. The molecule has 0 spiro atoms. The molecule has 0 saturated carbocycles. The van der Waals surface area contributed by atoms with Crippen LogP contribution >= 0.6 is 11.6 Å². The van der Waals surface area contributed by atoms with Crippen molar-refractivity contribution in [2.75, 3.05) is 10.0 Å². The summed E-state index contributed by atoms with van der Waals surface area (Å²) < 4.78 is 27.4. The van der Waals surface area contributed by atoms with Gasteiger partial charge in [-0.1, -0.05) is 11.6 Å². The average Bonchev–Trinajstić information content (AvgIpc) is 2.42. The third-order valence-corrected chi connectivity index (χ3v) is 4.90. The topological polar surface area (TPSA) is 58.2 Å². The minimum Gasteiger partial charge on any atom is -0.380 e. The standard InChI is InChI=1S/C17H21ClN2O2S/c1-12-11-15(9-10-16(12)18)23(21,22)20-14-7-5-13(6-8-14)19-17(2,3)4/h5-11,19-20H,1-4H3. The van der Waals surface area contributed by atoms with Gasteiger partial charge in [0.2, 0.25) is 0 Å². The molecule has 4 nitrogen and oxygen atoms in total. The molecule has 0 atom stereocenters. The van der Waals surface area contributed by atoms with Gasteiger partial charge in [-0.05, 0) is 75.7 Å². The zero-order chi connectivity index (χ0) is 17.3. The van der Waals surface area contributed by atoms with Crippen LogP contribution in [0.5, 0.6) is 0 Å². The summed E-state index contributed by atoms with van der Waals surface area (Å²) in [4.78, 5) is 0.191. The van der Waals surface area contributed by atoms with Gasteiger partial charge in [-0.15, -0.1) is 0 Å². The molecule has 6 heteroatoms. The fourth-order valence-corrected chi connectivity index (χ4v) is 3.31. The van der Waals surface area contributed by atoms with Gasteiger partial charge in [-0.2, -0.15) is 0 Å². The summed E-state index contributed by atoms with van der Waals surface area (Å²) in [5.41, 5.74) is 2.11. The molecule has 124 valence electrons. The van der Waals surface area contributed by atoms with E-state index in [1.165, 1.54) is 6.07 Å². The first kappa shape index (κ1) is 17.6. The van der Waals surface area contributed by atoms with Gasteiger partial charge in [-0.25, -0.2) is 8.42 Å². The predicted molar refractivity (Wildman–Crippen MR) is 96.8 cm³/mol. The molecular formula is C17H21ClN2O2S. The molecule has 2 aromatic carbocycles. The van der Waals surface area contributed by atoms with Crippen LogP contribution < -0.4 is 10.0 Å². The van der Waals surface area contributed by atoms with Crippen molar-refractivity contribution in [1.82, 2.24) is 0 Å². The highest BCUT2D eigenvalue weighted by Crippen LogP contribution is 2.23. The summed E-state index contributed by atoms with van der Waals surface area (Å²) in [5, 5.41) is 3.87. The maximum absolute atomic E-state index is 12.4. The molecule has 0 amide bonds. The van der Waals surface area contributed by atoms with Crippen molar-refractivity contribution in [3.63, 3.8) is 0 Å². The summed E-state index contributed by atoms with van der Waals surface area (Å²) in [6.45, 7) is 7.96. The van der Waals surface area contributed by atoms with E-state index in [2.05, 4.69) is 30.8 Å². The first-order valence-electron chi connectivity index (χ1n) is 7.24. The van der Waals surface area contributed by atoms with Gasteiger partial charge in [0.25, 0.3) is 10.0 Å². The van der Waals surface area contributed by atoms with E-state index < -0.39 is 10.0 Å². The Bertz CT molecular complexity index is 794. The van der Waals surface area contributed by atoms with Crippen molar-refractivity contribution in [2.24, 2.45) is 0 Å². The second-order valence-corrected chi connectivity index (χ2v) is 8.56. The average molecular weight is 353 g/mol. The molecule has 0 bridgehead atoms. The van der Waals surface area contributed by atoms with Crippen LogP contribution in [0.2, 0.25) is 5.02 Å². The number of halogens is 1. The highest BCUT2D eigenvalue weighted by atomic mass is 35.5. The van der Waals surface area contributed by atoms with Crippen LogP contribution in [0, 0.1) is 6.92 Å². The molecule has 0 aliphatic rings. The van der Waals surface area contributed by atoms with Gasteiger partial charge in [0.15, 0.2) is 0 Å². The lowest BCUT2D eigenvalue weighted by molar-refractivity contribution is 0.601. The molecular weight excluding hydrogens is 332 g/mol. The monoisotopic (exact) mass is 352 g/mol. The van der Waals surface area contributed by atoms with Crippen LogP contribution in [0.15, 0.2) is 47.4 Å². The number of aryl methyl sites for hydroxylation is 1. The molecule has 0 unspecified atom stereocenters. The Balaban J connectivity index is 2.19. The van der Waals surface area contributed by atoms with E-state index in [0.29, 0.717) is 10.7 Å². The van der Waals surface area contributed by atoms with Crippen molar-refractivity contribution in [2.45, 2.75) is 38.1 Å². The number of anilines is 2. The number of hydrogen-bond acceptors (Lipinski definition) is 3. The van der Waals surface area contributed by atoms with Gasteiger partial charge < -0.3 is 5.32 Å². The van der Waals surface area contributed by atoms with Crippen molar-refractivity contribution < 1.29 is 8.42 Å². The van der Waals surface area contributed by atoms with Crippen LogP contribution in [-0.4, -0.2) is 14.0 Å². The van der Waals surface area contributed by atoms with Gasteiger partial charge >= 0.3 is 0 Å². The van der Waals surface area contributed by atoms with Crippen LogP contribution in [0.4, 0.5) is 11.4 Å². The maximum atomic E-state index is 12.4. The summed E-state index contributed by atoms with van der Waals surface area (Å²) in [5.74, 6) is 0. The SMILES string of the molecule is Cc1cc(S(=O)(=O)Nc2ccc(NC(C)(C)C)cc2)ccc1Cl. The Morgan fingerprint density at radius 1 is 0.957 bits per heavy atom. The fourth-order valence-electron chi connectivity index (χ4n) is 2.05. The normalized spacial score (nSPS) is 12.0. The van der Waals surface area contributed by atoms with Gasteiger partial charge in [0.05, 0.1) is 4.90 Å². The minimum atomic E-state index is -3.63. The number of hydrogen-bond donors (Lipinski definition) is 2. The second-order valence-electron chi connectivity index (χ2n) is 6.47. The summed E-state index contributed by atoms with van der Waals surface area (Å²) in [7, 11) is -3.63. The Labute approximate surface area is 142 Å². The van der Waals surface area contributed by atoms with E-state index in [1.54, 1.807) is 31.2 Å². The Hall–Kier alpha value is -1.72. The number of nitrogens with one attached hydrogen (secondary N) is 2. The first-order chi connectivity index (χ1) is 10.6. The molecule has 2 N–H and O–H groups in total. The third kappa shape index (κ3) is 4.88. The van der Waals surface area contributed by atoms with Gasteiger partial charge in [-0.3, -0.25) is 4.72 Å². The quantitative estimate of drug-likeness (QED) is 0.841. The molecule has 2 aromatic rings. The summed E-state index contributed by atoms with van der Waals surface area (Å²) in [6, 6.07) is 11.8. The molecule has 0 heterocycles. The maximum Gasteiger partial charge on any atom is 0.261 e. The van der Waals surface area contributed by atoms with Crippen LogP contribution in [0.1, 0.15) is 26.3 Å². The highest BCUT2D eigenvalue weighted by molar-refractivity contribution is 7.92. The van der Waals surface area contributed by atoms with Crippen molar-refractivity contribution in [3.8, 4) is 0 Å². The fraction of sp³-hybridized carbons (Fsp3) is 0.294.